The maximum Gasteiger partial charge on any atom is 0.365 e. The summed E-state index contributed by atoms with van der Waals surface area (Å²) in [5.74, 6) is -0.757. The van der Waals surface area contributed by atoms with Crippen molar-refractivity contribution in [3.63, 3.8) is 0 Å². The highest BCUT2D eigenvalue weighted by atomic mass is 32.1. The molecule has 1 unspecified atom stereocenters. The highest BCUT2D eigenvalue weighted by Gasteiger charge is 2.38. The minimum atomic E-state index is -3.32. The van der Waals surface area contributed by atoms with E-state index in [4.69, 9.17) is 13.8 Å². The van der Waals surface area contributed by atoms with Crippen molar-refractivity contribution in [2.45, 2.75) is 26.6 Å². The van der Waals surface area contributed by atoms with Crippen molar-refractivity contribution in [3.8, 4) is 0 Å². The molecule has 7 heteroatoms. The lowest BCUT2D eigenvalue weighted by molar-refractivity contribution is 0.107. The summed E-state index contributed by atoms with van der Waals surface area (Å²) >= 11 is 1.48. The molecule has 1 rings (SSSR count). The fourth-order valence-corrected chi connectivity index (χ4v) is 3.94. The van der Waals surface area contributed by atoms with Crippen molar-refractivity contribution in [2.75, 3.05) is 20.3 Å². The average Bonchev–Trinajstić information content (AvgIpc) is 2.66. The van der Waals surface area contributed by atoms with E-state index in [1.807, 2.05) is 12.3 Å². The van der Waals surface area contributed by atoms with Crippen LogP contribution in [-0.2, 0) is 18.3 Å². The zero-order chi connectivity index (χ0) is 12.9. The third-order valence-electron chi connectivity index (χ3n) is 2.02. The normalized spacial score (nSPS) is 13.9. The van der Waals surface area contributed by atoms with Gasteiger partial charge in [-0.2, -0.15) is 0 Å². The van der Waals surface area contributed by atoms with Gasteiger partial charge in [-0.3, -0.25) is 4.57 Å². The van der Waals surface area contributed by atoms with Crippen LogP contribution in [0.4, 0.5) is 0 Å². The van der Waals surface area contributed by atoms with Crippen molar-refractivity contribution >= 4 is 18.9 Å². The predicted molar refractivity (Wildman–Crippen MR) is 67.5 cm³/mol. The smallest absolute Gasteiger partial charge is 0.363 e. The summed E-state index contributed by atoms with van der Waals surface area (Å²) in [5.41, 5.74) is 0.597. The summed E-state index contributed by atoms with van der Waals surface area (Å²) in [7, 11) is -1.84. The monoisotopic (exact) mass is 279 g/mol. The van der Waals surface area contributed by atoms with Gasteiger partial charge < -0.3 is 13.8 Å². The molecule has 1 atom stereocenters. The lowest BCUT2D eigenvalue weighted by Crippen LogP contribution is -2.09. The molecule has 0 radical (unpaired) electrons. The van der Waals surface area contributed by atoms with Gasteiger partial charge in [-0.1, -0.05) is 0 Å². The molecule has 0 N–H and O–H groups in total. The first-order valence-corrected chi connectivity index (χ1v) is 7.90. The lowest BCUT2D eigenvalue weighted by Gasteiger charge is -2.23. The highest BCUT2D eigenvalue weighted by Crippen LogP contribution is 2.61. The number of aromatic nitrogens is 1. The molecule has 1 aromatic heterocycles. The second-order valence-corrected chi connectivity index (χ2v) is 6.38. The van der Waals surface area contributed by atoms with Crippen molar-refractivity contribution in [3.05, 3.63) is 16.1 Å². The molecule has 5 nitrogen and oxygen atoms in total. The Kier molecular flexibility index (Phi) is 5.76. The van der Waals surface area contributed by atoms with Gasteiger partial charge in [-0.05, 0) is 20.8 Å². The van der Waals surface area contributed by atoms with Gasteiger partial charge in [0.05, 0.1) is 23.9 Å². The summed E-state index contributed by atoms with van der Waals surface area (Å²) in [6.07, 6.45) is 0. The minimum absolute atomic E-state index is 0.306. The number of aryl methyl sites for hydroxylation is 1. The molecule has 0 saturated carbocycles. The molecule has 1 aromatic rings. The van der Waals surface area contributed by atoms with Crippen LogP contribution in [0.15, 0.2) is 5.38 Å². The molecule has 0 aliphatic rings. The van der Waals surface area contributed by atoms with E-state index in [2.05, 4.69) is 4.98 Å². The molecule has 0 bridgehead atoms. The fourth-order valence-electron chi connectivity index (χ4n) is 1.44. The Morgan fingerprint density at radius 2 is 2.00 bits per heavy atom. The molecule has 98 valence electrons. The number of hydrogen-bond acceptors (Lipinski definition) is 6. The van der Waals surface area contributed by atoms with Crippen LogP contribution in [0, 0.1) is 6.92 Å². The second kappa shape index (κ2) is 6.61. The van der Waals surface area contributed by atoms with Gasteiger partial charge in [0.2, 0.25) is 5.85 Å². The quantitative estimate of drug-likeness (QED) is 0.716. The minimum Gasteiger partial charge on any atom is -0.363 e. The van der Waals surface area contributed by atoms with Crippen molar-refractivity contribution in [1.29, 1.82) is 0 Å². The molecule has 0 saturated heterocycles. The summed E-state index contributed by atoms with van der Waals surface area (Å²) < 4.78 is 28.3. The maximum absolute atomic E-state index is 12.5. The summed E-state index contributed by atoms with van der Waals surface area (Å²) in [5, 5.41) is 2.70. The largest absolute Gasteiger partial charge is 0.365 e. The third kappa shape index (κ3) is 3.60. The Morgan fingerprint density at radius 3 is 2.35 bits per heavy atom. The second-order valence-electron chi connectivity index (χ2n) is 3.25. The van der Waals surface area contributed by atoms with Crippen LogP contribution >= 0.6 is 18.9 Å². The zero-order valence-corrected chi connectivity index (χ0v) is 12.2. The van der Waals surface area contributed by atoms with Gasteiger partial charge in [0.1, 0.15) is 0 Å². The molecule has 0 aromatic carbocycles. The number of ether oxygens (including phenoxy) is 1. The number of nitrogens with zero attached hydrogens (tertiary/aromatic N) is 1. The standard InChI is InChI=1S/C10H18NO4PS/c1-5-14-16(12,15-6-2)10(13-4)9-7-17-8(3)11-9/h7,10H,5-6H2,1-4H3. The highest BCUT2D eigenvalue weighted by molar-refractivity contribution is 7.54. The van der Waals surface area contributed by atoms with Crippen LogP contribution in [0.3, 0.4) is 0 Å². The van der Waals surface area contributed by atoms with E-state index in [1.165, 1.54) is 18.4 Å². The summed E-state index contributed by atoms with van der Waals surface area (Å²) in [6, 6.07) is 0. The Labute approximate surface area is 106 Å². The molecule has 17 heavy (non-hydrogen) atoms. The van der Waals surface area contributed by atoms with E-state index >= 15 is 0 Å². The molecule has 1 heterocycles. The summed E-state index contributed by atoms with van der Waals surface area (Å²) in [6.45, 7) is 6.03. The first-order valence-electron chi connectivity index (χ1n) is 5.41. The van der Waals surface area contributed by atoms with Crippen LogP contribution in [0.25, 0.3) is 0 Å². The van der Waals surface area contributed by atoms with Gasteiger partial charge in [0.25, 0.3) is 0 Å². The Morgan fingerprint density at radius 1 is 1.41 bits per heavy atom. The number of hydrogen-bond donors (Lipinski definition) is 0. The van der Waals surface area contributed by atoms with Crippen LogP contribution in [-0.4, -0.2) is 25.3 Å². The summed E-state index contributed by atoms with van der Waals surface area (Å²) in [4.78, 5) is 4.27. The van der Waals surface area contributed by atoms with Gasteiger partial charge in [-0.15, -0.1) is 11.3 Å². The molecule has 0 aliphatic carbocycles. The molecular weight excluding hydrogens is 261 g/mol. The lowest BCUT2D eigenvalue weighted by atomic mass is 10.5. The molecular formula is C10H18NO4PS. The van der Waals surface area contributed by atoms with Gasteiger partial charge in [-0.25, -0.2) is 4.98 Å². The topological polar surface area (TPSA) is 57.7 Å². The predicted octanol–water partition coefficient (Wildman–Crippen LogP) is 3.36. The van der Waals surface area contributed by atoms with Gasteiger partial charge >= 0.3 is 7.60 Å². The van der Waals surface area contributed by atoms with E-state index in [0.29, 0.717) is 18.9 Å². The van der Waals surface area contributed by atoms with Crippen LogP contribution in [0.1, 0.15) is 30.4 Å². The number of methoxy groups -OCH3 is 1. The first kappa shape index (κ1) is 14.8. The van der Waals surface area contributed by atoms with Gasteiger partial charge in [0.15, 0.2) is 0 Å². The van der Waals surface area contributed by atoms with Crippen molar-refractivity contribution in [2.24, 2.45) is 0 Å². The van der Waals surface area contributed by atoms with E-state index in [9.17, 15) is 4.57 Å². The maximum atomic E-state index is 12.5. The Balaban J connectivity index is 3.00. The molecule has 0 amide bonds. The van der Waals surface area contributed by atoms with E-state index < -0.39 is 13.4 Å². The average molecular weight is 279 g/mol. The fraction of sp³-hybridized carbons (Fsp3) is 0.700. The molecule has 0 fully saturated rings. The van der Waals surface area contributed by atoms with E-state index in [0.717, 1.165) is 5.01 Å². The van der Waals surface area contributed by atoms with Crippen molar-refractivity contribution < 1.29 is 18.3 Å². The van der Waals surface area contributed by atoms with Gasteiger partial charge in [0, 0.05) is 12.5 Å². The van der Waals surface area contributed by atoms with E-state index in [-0.39, 0.29) is 0 Å². The zero-order valence-electron chi connectivity index (χ0n) is 10.5. The van der Waals surface area contributed by atoms with Crippen LogP contribution in [0.5, 0.6) is 0 Å². The first-order chi connectivity index (χ1) is 8.07. The Hall–Kier alpha value is -0.260. The Bertz CT molecular complexity index is 385. The molecule has 0 spiro atoms. The third-order valence-corrected chi connectivity index (χ3v) is 5.10. The molecule has 0 aliphatic heterocycles. The van der Waals surface area contributed by atoms with Crippen molar-refractivity contribution in [1.82, 2.24) is 4.98 Å². The number of rotatable bonds is 7. The van der Waals surface area contributed by atoms with E-state index in [1.54, 1.807) is 13.8 Å². The number of thiazole rings is 1. The SMILES string of the molecule is CCOP(=O)(OCC)C(OC)c1csc(C)n1. The van der Waals surface area contributed by atoms with Crippen LogP contribution in [0.2, 0.25) is 0 Å². The van der Waals surface area contributed by atoms with Crippen LogP contribution < -0.4 is 0 Å².